The SMILES string of the molecule is Cc1nsc(N2CCCN(Cc3cnc(N)s3)CC2)n1. The highest BCUT2D eigenvalue weighted by Crippen LogP contribution is 2.21. The summed E-state index contributed by atoms with van der Waals surface area (Å²) in [6, 6.07) is 0. The van der Waals surface area contributed by atoms with E-state index in [2.05, 4.69) is 24.1 Å². The number of aryl methyl sites for hydroxylation is 1. The number of nitrogens with two attached hydrogens (primary N) is 1. The average molecular weight is 310 g/mol. The Morgan fingerprint density at radius 1 is 1.30 bits per heavy atom. The molecule has 1 saturated heterocycles. The molecule has 2 aromatic rings. The van der Waals surface area contributed by atoms with Crippen LogP contribution < -0.4 is 10.6 Å². The van der Waals surface area contributed by atoms with Crippen molar-refractivity contribution in [3.8, 4) is 0 Å². The molecular weight excluding hydrogens is 292 g/mol. The van der Waals surface area contributed by atoms with Gasteiger partial charge in [-0.15, -0.1) is 11.3 Å². The van der Waals surface area contributed by atoms with E-state index >= 15 is 0 Å². The third-order valence-electron chi connectivity index (χ3n) is 3.33. The van der Waals surface area contributed by atoms with Gasteiger partial charge in [-0.2, -0.15) is 4.37 Å². The van der Waals surface area contributed by atoms with Crippen molar-refractivity contribution in [2.75, 3.05) is 36.8 Å². The lowest BCUT2D eigenvalue weighted by Crippen LogP contribution is -2.30. The number of nitrogen functional groups attached to an aromatic ring is 1. The van der Waals surface area contributed by atoms with Crippen molar-refractivity contribution in [3.05, 3.63) is 16.9 Å². The van der Waals surface area contributed by atoms with E-state index in [0.717, 1.165) is 50.1 Å². The van der Waals surface area contributed by atoms with E-state index in [1.165, 1.54) is 16.4 Å². The van der Waals surface area contributed by atoms with Crippen molar-refractivity contribution in [1.82, 2.24) is 19.2 Å². The monoisotopic (exact) mass is 310 g/mol. The zero-order valence-electron chi connectivity index (χ0n) is 11.4. The van der Waals surface area contributed by atoms with Crippen molar-refractivity contribution in [2.45, 2.75) is 19.9 Å². The molecule has 0 radical (unpaired) electrons. The maximum atomic E-state index is 5.68. The first-order chi connectivity index (χ1) is 9.70. The van der Waals surface area contributed by atoms with E-state index in [1.54, 1.807) is 11.3 Å². The van der Waals surface area contributed by atoms with Gasteiger partial charge in [0.15, 0.2) is 5.13 Å². The predicted octanol–water partition coefficient (Wildman–Crippen LogP) is 1.60. The third kappa shape index (κ3) is 3.25. The molecular formula is C12H18N6S2. The quantitative estimate of drug-likeness (QED) is 0.928. The Morgan fingerprint density at radius 2 is 2.20 bits per heavy atom. The van der Waals surface area contributed by atoms with Crippen LogP contribution in [0.4, 0.5) is 10.3 Å². The van der Waals surface area contributed by atoms with Crippen LogP contribution in [0.25, 0.3) is 0 Å². The van der Waals surface area contributed by atoms with E-state index in [0.29, 0.717) is 5.13 Å². The second-order valence-corrected chi connectivity index (χ2v) is 6.78. The molecule has 0 amide bonds. The number of nitrogens with zero attached hydrogens (tertiary/aromatic N) is 5. The highest BCUT2D eigenvalue weighted by atomic mass is 32.1. The van der Waals surface area contributed by atoms with Gasteiger partial charge >= 0.3 is 0 Å². The Balaban J connectivity index is 1.59. The molecule has 0 saturated carbocycles. The lowest BCUT2D eigenvalue weighted by molar-refractivity contribution is 0.288. The van der Waals surface area contributed by atoms with Gasteiger partial charge < -0.3 is 10.6 Å². The molecule has 6 nitrogen and oxygen atoms in total. The molecule has 1 aliphatic heterocycles. The van der Waals surface area contributed by atoms with Gasteiger partial charge in [-0.3, -0.25) is 4.90 Å². The molecule has 2 aromatic heterocycles. The topological polar surface area (TPSA) is 71.2 Å². The summed E-state index contributed by atoms with van der Waals surface area (Å²) >= 11 is 3.08. The van der Waals surface area contributed by atoms with E-state index in [1.807, 2.05) is 13.1 Å². The van der Waals surface area contributed by atoms with Gasteiger partial charge in [0, 0.05) is 55.3 Å². The van der Waals surface area contributed by atoms with Gasteiger partial charge in [-0.1, -0.05) is 0 Å². The number of thiazole rings is 1. The zero-order chi connectivity index (χ0) is 13.9. The summed E-state index contributed by atoms with van der Waals surface area (Å²) in [5.41, 5.74) is 5.68. The Kier molecular flexibility index (Phi) is 4.13. The summed E-state index contributed by atoms with van der Waals surface area (Å²) in [4.78, 5) is 14.6. The van der Waals surface area contributed by atoms with Crippen LogP contribution >= 0.6 is 22.9 Å². The molecule has 0 aromatic carbocycles. The van der Waals surface area contributed by atoms with Crippen LogP contribution in [0, 0.1) is 6.92 Å². The van der Waals surface area contributed by atoms with Crippen LogP contribution in [-0.2, 0) is 6.54 Å². The highest BCUT2D eigenvalue weighted by Gasteiger charge is 2.18. The molecule has 1 fully saturated rings. The van der Waals surface area contributed by atoms with Gasteiger partial charge in [0.2, 0.25) is 5.13 Å². The first-order valence-electron chi connectivity index (χ1n) is 6.68. The number of hydrogen-bond acceptors (Lipinski definition) is 8. The standard InChI is InChI=1S/C12H18N6S2/c1-9-15-12(20-16-9)18-4-2-3-17(5-6-18)8-10-7-14-11(13)19-10/h7H,2-6,8H2,1H3,(H2,13,14). The molecule has 0 spiro atoms. The Labute approximate surface area is 126 Å². The van der Waals surface area contributed by atoms with Crippen LogP contribution in [0.15, 0.2) is 6.20 Å². The van der Waals surface area contributed by atoms with E-state index in [9.17, 15) is 0 Å². The smallest absolute Gasteiger partial charge is 0.205 e. The summed E-state index contributed by atoms with van der Waals surface area (Å²) in [6.07, 6.45) is 3.03. The summed E-state index contributed by atoms with van der Waals surface area (Å²) < 4.78 is 4.27. The van der Waals surface area contributed by atoms with Gasteiger partial charge in [0.1, 0.15) is 5.82 Å². The van der Waals surface area contributed by atoms with Crippen LogP contribution in [0.2, 0.25) is 0 Å². The predicted molar refractivity (Wildman–Crippen MR) is 83.3 cm³/mol. The molecule has 0 aliphatic carbocycles. The maximum Gasteiger partial charge on any atom is 0.205 e. The normalized spacial score (nSPS) is 17.4. The summed E-state index contributed by atoms with van der Waals surface area (Å²) in [5.74, 6) is 0.867. The molecule has 3 heterocycles. The van der Waals surface area contributed by atoms with E-state index < -0.39 is 0 Å². The molecule has 1 aliphatic rings. The molecule has 2 N–H and O–H groups in total. The van der Waals surface area contributed by atoms with Gasteiger partial charge in [0.05, 0.1) is 0 Å². The van der Waals surface area contributed by atoms with Crippen molar-refractivity contribution in [3.63, 3.8) is 0 Å². The van der Waals surface area contributed by atoms with Crippen LogP contribution in [0.1, 0.15) is 17.1 Å². The van der Waals surface area contributed by atoms with Crippen molar-refractivity contribution in [1.29, 1.82) is 0 Å². The highest BCUT2D eigenvalue weighted by molar-refractivity contribution is 7.15. The maximum absolute atomic E-state index is 5.68. The minimum absolute atomic E-state index is 0.654. The Hall–Kier alpha value is -1.25. The third-order valence-corrected chi connectivity index (χ3v) is 5.01. The lowest BCUT2D eigenvalue weighted by Gasteiger charge is -2.20. The first kappa shape index (κ1) is 13.7. The average Bonchev–Trinajstić information content (AvgIpc) is 2.94. The van der Waals surface area contributed by atoms with Crippen molar-refractivity contribution < 1.29 is 0 Å². The fraction of sp³-hybridized carbons (Fsp3) is 0.583. The van der Waals surface area contributed by atoms with Crippen LogP contribution in [0.5, 0.6) is 0 Å². The van der Waals surface area contributed by atoms with Crippen LogP contribution in [0.3, 0.4) is 0 Å². The van der Waals surface area contributed by atoms with Gasteiger partial charge in [0.25, 0.3) is 0 Å². The lowest BCUT2D eigenvalue weighted by atomic mass is 10.4. The zero-order valence-corrected chi connectivity index (χ0v) is 13.1. The molecule has 0 bridgehead atoms. The second kappa shape index (κ2) is 6.02. The molecule has 20 heavy (non-hydrogen) atoms. The van der Waals surface area contributed by atoms with Crippen LogP contribution in [-0.4, -0.2) is 45.4 Å². The Bertz CT molecular complexity index is 566. The number of aromatic nitrogens is 3. The van der Waals surface area contributed by atoms with Gasteiger partial charge in [-0.25, -0.2) is 9.97 Å². The fourth-order valence-electron chi connectivity index (χ4n) is 2.35. The molecule has 0 atom stereocenters. The minimum Gasteiger partial charge on any atom is -0.375 e. The van der Waals surface area contributed by atoms with Crippen molar-refractivity contribution in [2.24, 2.45) is 0 Å². The number of rotatable bonds is 3. The molecule has 108 valence electrons. The minimum atomic E-state index is 0.654. The molecule has 8 heteroatoms. The van der Waals surface area contributed by atoms with Crippen molar-refractivity contribution >= 4 is 33.1 Å². The molecule has 0 unspecified atom stereocenters. The second-order valence-electron chi connectivity index (χ2n) is 4.91. The molecule has 3 rings (SSSR count). The number of hydrogen-bond donors (Lipinski definition) is 1. The summed E-state index contributed by atoms with van der Waals surface area (Å²) in [7, 11) is 0. The fourth-order valence-corrected chi connectivity index (χ4v) is 3.80. The van der Waals surface area contributed by atoms with E-state index in [-0.39, 0.29) is 0 Å². The summed E-state index contributed by atoms with van der Waals surface area (Å²) in [5, 5.41) is 1.70. The first-order valence-corrected chi connectivity index (χ1v) is 8.27. The number of anilines is 2. The van der Waals surface area contributed by atoms with Gasteiger partial charge in [-0.05, 0) is 13.3 Å². The Morgan fingerprint density at radius 3 is 2.90 bits per heavy atom. The summed E-state index contributed by atoms with van der Waals surface area (Å²) in [6.45, 7) is 7.08. The van der Waals surface area contributed by atoms with E-state index in [4.69, 9.17) is 5.73 Å². The largest absolute Gasteiger partial charge is 0.375 e.